The van der Waals surface area contributed by atoms with Crippen LogP contribution in [0.5, 0.6) is 0 Å². The largest absolute Gasteiger partial charge is 0.461 e. The molecule has 0 spiro atoms. The molecule has 0 N–H and O–H groups in total. The summed E-state index contributed by atoms with van der Waals surface area (Å²) in [4.78, 5) is 2.76. The predicted octanol–water partition coefficient (Wildman–Crippen LogP) is 5.76. The molecule has 1 saturated heterocycles. The fraction of sp³-hybridized carbons (Fsp3) is 0.417. The lowest BCUT2D eigenvalue weighted by atomic mass is 9.88. The van der Waals surface area contributed by atoms with Gasteiger partial charge in [0, 0.05) is 29.1 Å². The van der Waals surface area contributed by atoms with E-state index >= 15 is 0 Å². The van der Waals surface area contributed by atoms with Crippen molar-refractivity contribution in [3.63, 3.8) is 0 Å². The Morgan fingerprint density at radius 2 is 1.81 bits per heavy atom. The minimum Gasteiger partial charge on any atom is -0.461 e. The molecule has 2 aliphatic heterocycles. The summed E-state index contributed by atoms with van der Waals surface area (Å²) in [5.41, 5.74) is 5.46. The Morgan fingerprint density at radius 1 is 1.00 bits per heavy atom. The van der Waals surface area contributed by atoms with E-state index in [4.69, 9.17) is 4.42 Å². The number of hydrogen-bond acceptors (Lipinski definition) is 2. The number of fused-ring (bicyclic) bond motifs is 5. The molecule has 0 saturated carbocycles. The van der Waals surface area contributed by atoms with Crippen molar-refractivity contribution >= 4 is 0 Å². The highest BCUT2D eigenvalue weighted by Crippen LogP contribution is 2.47. The van der Waals surface area contributed by atoms with Crippen LogP contribution in [-0.2, 0) is 6.42 Å². The van der Waals surface area contributed by atoms with Crippen LogP contribution in [0.3, 0.4) is 0 Å². The molecule has 3 atom stereocenters. The molecule has 3 unspecified atom stereocenters. The third-order valence-corrected chi connectivity index (χ3v) is 6.48. The molecular weight excluding hydrogens is 318 g/mol. The van der Waals surface area contributed by atoms with Gasteiger partial charge in [0.25, 0.3) is 0 Å². The number of piperidine rings is 1. The van der Waals surface area contributed by atoms with Crippen LogP contribution in [-0.4, -0.2) is 17.5 Å². The smallest absolute Gasteiger partial charge is 0.139 e. The van der Waals surface area contributed by atoms with Gasteiger partial charge in [-0.25, -0.2) is 0 Å². The van der Waals surface area contributed by atoms with Gasteiger partial charge in [-0.05, 0) is 45.2 Å². The summed E-state index contributed by atoms with van der Waals surface area (Å²) in [6.07, 6.45) is 14.2. The van der Waals surface area contributed by atoms with Crippen LogP contribution in [0, 0.1) is 19.8 Å². The topological polar surface area (TPSA) is 16.4 Å². The Labute approximate surface area is 156 Å². The monoisotopic (exact) mass is 345 g/mol. The third-order valence-electron chi connectivity index (χ3n) is 6.48. The van der Waals surface area contributed by atoms with Gasteiger partial charge in [-0.2, -0.15) is 0 Å². The molecule has 1 aromatic carbocycles. The van der Waals surface area contributed by atoms with Crippen LogP contribution >= 0.6 is 0 Å². The maximum atomic E-state index is 6.41. The van der Waals surface area contributed by atoms with Crippen molar-refractivity contribution in [2.45, 2.75) is 51.6 Å². The summed E-state index contributed by atoms with van der Waals surface area (Å²) in [7, 11) is 0. The van der Waals surface area contributed by atoms with E-state index in [2.05, 4.69) is 67.3 Å². The first-order valence-electron chi connectivity index (χ1n) is 10.0. The number of hydrogen-bond donors (Lipinski definition) is 0. The van der Waals surface area contributed by atoms with Crippen molar-refractivity contribution in [2.75, 3.05) is 6.54 Å². The maximum absolute atomic E-state index is 6.41. The van der Waals surface area contributed by atoms with Crippen molar-refractivity contribution in [3.8, 4) is 11.3 Å². The van der Waals surface area contributed by atoms with Crippen molar-refractivity contribution in [3.05, 3.63) is 71.0 Å². The van der Waals surface area contributed by atoms with Gasteiger partial charge in [0.05, 0.1) is 0 Å². The molecule has 134 valence electrons. The quantitative estimate of drug-likeness (QED) is 0.653. The second-order valence-corrected chi connectivity index (χ2v) is 8.12. The number of aryl methyl sites for hydroxylation is 2. The van der Waals surface area contributed by atoms with Gasteiger partial charge >= 0.3 is 0 Å². The fourth-order valence-electron chi connectivity index (χ4n) is 5.16. The molecule has 5 rings (SSSR count). The summed E-state index contributed by atoms with van der Waals surface area (Å²) in [5, 5.41) is 0. The summed E-state index contributed by atoms with van der Waals surface area (Å²) in [6.45, 7) is 5.50. The van der Waals surface area contributed by atoms with Crippen LogP contribution in [0.15, 0.2) is 53.0 Å². The average Bonchev–Trinajstić information content (AvgIpc) is 2.91. The summed E-state index contributed by atoms with van der Waals surface area (Å²) >= 11 is 0. The number of benzene rings is 1. The minimum atomic E-state index is 0.485. The van der Waals surface area contributed by atoms with Crippen LogP contribution in [0.2, 0.25) is 0 Å². The number of allylic oxidation sites excluding steroid dienone is 2. The van der Waals surface area contributed by atoms with Crippen molar-refractivity contribution in [2.24, 2.45) is 5.92 Å². The summed E-state index contributed by atoms with van der Waals surface area (Å²) in [6, 6.07) is 9.85. The van der Waals surface area contributed by atoms with E-state index in [1.165, 1.54) is 48.1 Å². The Bertz CT molecular complexity index is 870. The summed E-state index contributed by atoms with van der Waals surface area (Å²) < 4.78 is 6.41. The highest BCUT2D eigenvalue weighted by molar-refractivity contribution is 5.66. The van der Waals surface area contributed by atoms with Crippen LogP contribution < -0.4 is 0 Å². The highest BCUT2D eigenvalue weighted by atomic mass is 16.3. The first-order valence-corrected chi connectivity index (χ1v) is 10.0. The number of furan rings is 1. The Balaban J connectivity index is 1.68. The molecule has 3 heterocycles. The van der Waals surface area contributed by atoms with Crippen molar-refractivity contribution < 1.29 is 4.42 Å². The molecule has 2 aromatic rings. The molecule has 0 amide bonds. The van der Waals surface area contributed by atoms with Gasteiger partial charge in [-0.15, -0.1) is 0 Å². The second-order valence-electron chi connectivity index (χ2n) is 8.12. The molecule has 2 heteroatoms. The highest BCUT2D eigenvalue weighted by Gasteiger charge is 2.40. The number of nitrogens with zero attached hydrogens (tertiary/aromatic N) is 1. The van der Waals surface area contributed by atoms with Crippen molar-refractivity contribution in [1.82, 2.24) is 4.90 Å². The van der Waals surface area contributed by atoms with E-state index in [0.29, 0.717) is 18.0 Å². The third kappa shape index (κ3) is 2.51. The fourth-order valence-corrected chi connectivity index (χ4v) is 5.16. The standard InChI is InChI=1S/C24H27NO/c1-16-10-12-18(13-11-16)24-23-20(17(2)26-24)15-19-7-3-4-8-21(19)25-14-6-5-9-22(23)25/h3-4,7-8,10-13,19,21-22H,5-6,9,14-15H2,1-2H3. The molecule has 26 heavy (non-hydrogen) atoms. The van der Waals surface area contributed by atoms with Gasteiger partial charge in [0.1, 0.15) is 11.5 Å². The molecule has 1 aliphatic carbocycles. The normalized spacial score (nSPS) is 27.5. The van der Waals surface area contributed by atoms with Gasteiger partial charge in [0.15, 0.2) is 0 Å². The Kier molecular flexibility index (Phi) is 3.90. The first-order chi connectivity index (χ1) is 12.7. The van der Waals surface area contributed by atoms with Crippen LogP contribution in [0.25, 0.3) is 11.3 Å². The molecule has 2 nitrogen and oxygen atoms in total. The van der Waals surface area contributed by atoms with E-state index in [1.807, 2.05) is 0 Å². The van der Waals surface area contributed by atoms with E-state index < -0.39 is 0 Å². The Hall–Kier alpha value is -2.06. The number of rotatable bonds is 1. The van der Waals surface area contributed by atoms with Gasteiger partial charge < -0.3 is 4.42 Å². The summed E-state index contributed by atoms with van der Waals surface area (Å²) in [5.74, 6) is 2.79. The van der Waals surface area contributed by atoms with E-state index in [9.17, 15) is 0 Å². The van der Waals surface area contributed by atoms with Crippen LogP contribution in [0.1, 0.15) is 47.8 Å². The van der Waals surface area contributed by atoms with E-state index in [-0.39, 0.29) is 0 Å². The average molecular weight is 345 g/mol. The molecule has 0 bridgehead atoms. The molecule has 1 fully saturated rings. The molecular formula is C24H27NO. The zero-order valence-electron chi connectivity index (χ0n) is 15.7. The van der Waals surface area contributed by atoms with Gasteiger partial charge in [-0.1, -0.05) is 60.6 Å². The van der Waals surface area contributed by atoms with Crippen LogP contribution in [0.4, 0.5) is 0 Å². The van der Waals surface area contributed by atoms with E-state index in [1.54, 1.807) is 0 Å². The predicted molar refractivity (Wildman–Crippen MR) is 106 cm³/mol. The maximum Gasteiger partial charge on any atom is 0.139 e. The lowest BCUT2D eigenvalue weighted by Crippen LogP contribution is -2.43. The molecule has 3 aliphatic rings. The Morgan fingerprint density at radius 3 is 2.65 bits per heavy atom. The lowest BCUT2D eigenvalue weighted by Gasteiger charge is -2.41. The zero-order valence-corrected chi connectivity index (χ0v) is 15.7. The molecule has 0 radical (unpaired) electrons. The van der Waals surface area contributed by atoms with E-state index in [0.717, 1.165) is 17.9 Å². The lowest BCUT2D eigenvalue weighted by molar-refractivity contribution is 0.102. The zero-order chi connectivity index (χ0) is 17.7. The first kappa shape index (κ1) is 16.1. The van der Waals surface area contributed by atoms with Gasteiger partial charge in [0.2, 0.25) is 0 Å². The SMILES string of the molecule is Cc1ccc(-c2oc(C)c3c2C2CCCCN2C2C=CC=CC2C3)cc1. The van der Waals surface area contributed by atoms with Gasteiger partial charge in [-0.3, -0.25) is 4.90 Å². The molecule has 1 aromatic heterocycles. The van der Waals surface area contributed by atoms with Crippen molar-refractivity contribution in [1.29, 1.82) is 0 Å². The minimum absolute atomic E-state index is 0.485. The second kappa shape index (κ2) is 6.28.